The van der Waals surface area contributed by atoms with E-state index in [4.69, 9.17) is 9.68 Å². The Morgan fingerprint density at radius 1 is 1.54 bits per heavy atom. The fourth-order valence-electron chi connectivity index (χ4n) is 1.41. The van der Waals surface area contributed by atoms with Crippen molar-refractivity contribution in [3.8, 4) is 5.75 Å². The molecule has 1 N–H and O–H groups in total. The van der Waals surface area contributed by atoms with Crippen LogP contribution in [-0.2, 0) is 6.42 Å². The molecule has 68 valence electrons. The molecular formula is C8H7BBrFO2. The molecule has 0 aliphatic carbocycles. The van der Waals surface area contributed by atoms with E-state index in [1.807, 2.05) is 6.07 Å². The van der Waals surface area contributed by atoms with E-state index in [1.54, 1.807) is 0 Å². The second-order valence-corrected chi connectivity index (χ2v) is 3.90. The molecule has 2 nitrogen and oxygen atoms in total. The Morgan fingerprint density at radius 3 is 3.08 bits per heavy atom. The number of benzene rings is 1. The first-order valence-electron chi connectivity index (χ1n) is 3.99. The van der Waals surface area contributed by atoms with Crippen molar-refractivity contribution >= 4 is 23.0 Å². The van der Waals surface area contributed by atoms with Gasteiger partial charge >= 0.3 is 7.12 Å². The van der Waals surface area contributed by atoms with Gasteiger partial charge in [-0.1, -0.05) is 15.9 Å². The lowest BCUT2D eigenvalue weighted by Gasteiger charge is -2.20. The van der Waals surface area contributed by atoms with Crippen LogP contribution in [0.5, 0.6) is 5.75 Å². The first-order chi connectivity index (χ1) is 6.16. The third-order valence-corrected chi connectivity index (χ3v) is 2.46. The third-order valence-electron chi connectivity index (χ3n) is 2.00. The molecule has 0 radical (unpaired) electrons. The molecule has 1 aromatic carbocycles. The maximum Gasteiger partial charge on any atom is 0.522 e. The van der Waals surface area contributed by atoms with Gasteiger partial charge in [-0.25, -0.2) is 4.39 Å². The average molecular weight is 245 g/mol. The molecular weight excluding hydrogens is 238 g/mol. The molecule has 0 atom stereocenters. The summed E-state index contributed by atoms with van der Waals surface area (Å²) in [5, 5.41) is 9.15. The molecule has 0 bridgehead atoms. The number of fused-ring (bicyclic) bond motifs is 1. The van der Waals surface area contributed by atoms with Crippen molar-refractivity contribution in [2.75, 3.05) is 0 Å². The molecule has 0 saturated heterocycles. The summed E-state index contributed by atoms with van der Waals surface area (Å²) in [5.74, 6) is -0.245. The van der Waals surface area contributed by atoms with Gasteiger partial charge in [-0.3, -0.25) is 0 Å². The fourth-order valence-corrected chi connectivity index (χ4v) is 1.88. The molecule has 0 aromatic heterocycles. The summed E-state index contributed by atoms with van der Waals surface area (Å²) < 4.78 is 18.9. The summed E-state index contributed by atoms with van der Waals surface area (Å²) in [6.45, 7) is 0. The number of rotatable bonds is 0. The van der Waals surface area contributed by atoms with E-state index in [0.717, 1.165) is 5.56 Å². The highest BCUT2D eigenvalue weighted by Crippen LogP contribution is 2.31. The largest absolute Gasteiger partial charge is 0.534 e. The van der Waals surface area contributed by atoms with Crippen LogP contribution in [0.4, 0.5) is 4.39 Å². The highest BCUT2D eigenvalue weighted by molar-refractivity contribution is 9.10. The van der Waals surface area contributed by atoms with E-state index in [2.05, 4.69) is 15.9 Å². The molecule has 1 heterocycles. The van der Waals surface area contributed by atoms with Crippen LogP contribution in [0.3, 0.4) is 0 Å². The molecule has 1 aromatic rings. The van der Waals surface area contributed by atoms with Gasteiger partial charge in [0.15, 0.2) is 5.82 Å². The maximum atomic E-state index is 13.2. The van der Waals surface area contributed by atoms with Crippen molar-refractivity contribution in [3.05, 3.63) is 28.0 Å². The lowest BCUT2D eigenvalue weighted by Crippen LogP contribution is -2.27. The van der Waals surface area contributed by atoms with Gasteiger partial charge in [0.1, 0.15) is 5.75 Å². The van der Waals surface area contributed by atoms with Gasteiger partial charge in [-0.15, -0.1) is 0 Å². The normalized spacial score (nSPS) is 15.2. The molecule has 1 aliphatic heterocycles. The Morgan fingerprint density at radius 2 is 2.31 bits per heavy atom. The second kappa shape index (κ2) is 3.31. The molecule has 0 amide bonds. The van der Waals surface area contributed by atoms with Crippen LogP contribution in [0, 0.1) is 5.82 Å². The third kappa shape index (κ3) is 1.71. The van der Waals surface area contributed by atoms with Crippen LogP contribution in [0.1, 0.15) is 5.56 Å². The summed E-state index contributed by atoms with van der Waals surface area (Å²) in [7, 11) is -0.872. The Bertz CT molecular complexity index is 345. The van der Waals surface area contributed by atoms with E-state index in [-0.39, 0.29) is 5.75 Å². The van der Waals surface area contributed by atoms with Gasteiger partial charge in [-0.2, -0.15) is 0 Å². The fraction of sp³-hybridized carbons (Fsp3) is 0.250. The first-order valence-corrected chi connectivity index (χ1v) is 4.79. The van der Waals surface area contributed by atoms with Crippen molar-refractivity contribution < 1.29 is 14.1 Å². The first kappa shape index (κ1) is 9.03. The van der Waals surface area contributed by atoms with Gasteiger partial charge in [0, 0.05) is 4.47 Å². The predicted octanol–water partition coefficient (Wildman–Crippen LogP) is 2.00. The zero-order chi connectivity index (χ0) is 9.42. The van der Waals surface area contributed by atoms with Crippen molar-refractivity contribution in [1.29, 1.82) is 0 Å². The van der Waals surface area contributed by atoms with E-state index >= 15 is 0 Å². The number of hydrogen-bond donors (Lipinski definition) is 1. The van der Waals surface area contributed by atoms with E-state index in [0.29, 0.717) is 17.2 Å². The van der Waals surface area contributed by atoms with Crippen LogP contribution in [0.15, 0.2) is 16.6 Å². The Hall–Kier alpha value is -0.545. The van der Waals surface area contributed by atoms with E-state index in [1.165, 1.54) is 6.07 Å². The van der Waals surface area contributed by atoms with Crippen LogP contribution in [0.25, 0.3) is 0 Å². The Balaban J connectivity index is 2.47. The Kier molecular flexibility index (Phi) is 2.30. The topological polar surface area (TPSA) is 29.5 Å². The van der Waals surface area contributed by atoms with Gasteiger partial charge in [0.25, 0.3) is 0 Å². The minimum atomic E-state index is -0.872. The number of hydrogen-bond acceptors (Lipinski definition) is 2. The monoisotopic (exact) mass is 244 g/mol. The van der Waals surface area contributed by atoms with Gasteiger partial charge in [-0.05, 0) is 30.4 Å². The summed E-state index contributed by atoms with van der Waals surface area (Å²) in [4.78, 5) is 0. The SMILES string of the molecule is OB1CCc2cc(Br)cc(F)c2O1. The predicted molar refractivity (Wildman–Crippen MR) is 51.2 cm³/mol. The molecule has 0 saturated carbocycles. The van der Waals surface area contributed by atoms with Crippen LogP contribution >= 0.6 is 15.9 Å². The van der Waals surface area contributed by atoms with Crippen LogP contribution < -0.4 is 4.65 Å². The minimum absolute atomic E-state index is 0.182. The second-order valence-electron chi connectivity index (χ2n) is 2.99. The van der Waals surface area contributed by atoms with Gasteiger partial charge < -0.3 is 9.68 Å². The van der Waals surface area contributed by atoms with Crippen molar-refractivity contribution in [3.63, 3.8) is 0 Å². The molecule has 0 unspecified atom stereocenters. The lowest BCUT2D eigenvalue weighted by molar-refractivity contribution is 0.382. The number of aryl methyl sites for hydroxylation is 1. The summed E-state index contributed by atoms with van der Waals surface area (Å²) in [6.07, 6.45) is 1.16. The zero-order valence-electron chi connectivity index (χ0n) is 6.76. The van der Waals surface area contributed by atoms with Crippen molar-refractivity contribution in [2.45, 2.75) is 12.7 Å². The smallest absolute Gasteiger partial charge is 0.522 e. The molecule has 0 spiro atoms. The van der Waals surface area contributed by atoms with E-state index < -0.39 is 12.9 Å². The number of halogens is 2. The summed E-state index contributed by atoms with van der Waals surface area (Å²) in [6, 6.07) is 3.14. The molecule has 2 rings (SSSR count). The summed E-state index contributed by atoms with van der Waals surface area (Å²) >= 11 is 3.20. The molecule has 1 aliphatic rings. The quantitative estimate of drug-likeness (QED) is 0.708. The highest BCUT2D eigenvalue weighted by Gasteiger charge is 2.25. The standard InChI is InChI=1S/C8H7BBrFO2/c10-6-3-5-1-2-9(12)13-8(5)7(11)4-6/h3-4,12H,1-2H2. The van der Waals surface area contributed by atoms with Crippen molar-refractivity contribution in [1.82, 2.24) is 0 Å². The molecule has 13 heavy (non-hydrogen) atoms. The van der Waals surface area contributed by atoms with Gasteiger partial charge in [0.2, 0.25) is 0 Å². The van der Waals surface area contributed by atoms with Gasteiger partial charge in [0.05, 0.1) is 0 Å². The molecule has 0 fully saturated rings. The molecule has 5 heteroatoms. The minimum Gasteiger partial charge on any atom is -0.534 e. The summed E-state index contributed by atoms with van der Waals surface area (Å²) in [5.41, 5.74) is 0.803. The Labute approximate surface area is 84.0 Å². The van der Waals surface area contributed by atoms with Crippen LogP contribution in [-0.4, -0.2) is 12.1 Å². The van der Waals surface area contributed by atoms with Crippen molar-refractivity contribution in [2.24, 2.45) is 0 Å². The lowest BCUT2D eigenvalue weighted by atomic mass is 9.79. The average Bonchev–Trinajstić information content (AvgIpc) is 2.06. The zero-order valence-corrected chi connectivity index (χ0v) is 8.34. The maximum absolute atomic E-state index is 13.2. The van der Waals surface area contributed by atoms with E-state index in [9.17, 15) is 4.39 Å². The van der Waals surface area contributed by atoms with Crippen LogP contribution in [0.2, 0.25) is 6.32 Å². The highest BCUT2D eigenvalue weighted by atomic mass is 79.9.